The number of halogens is 2. The Kier molecular flexibility index (Phi) is 3.40. The first-order chi connectivity index (χ1) is 6.15. The SMILES string of the molecule is CCCC(C)c1cc(F)ccc1F. The summed E-state index contributed by atoms with van der Waals surface area (Å²) in [6.07, 6.45) is 1.87. The molecule has 1 rings (SSSR count). The topological polar surface area (TPSA) is 0 Å². The van der Waals surface area contributed by atoms with Gasteiger partial charge in [-0.3, -0.25) is 0 Å². The highest BCUT2D eigenvalue weighted by atomic mass is 19.1. The van der Waals surface area contributed by atoms with Crippen molar-refractivity contribution in [1.82, 2.24) is 0 Å². The summed E-state index contributed by atoms with van der Waals surface area (Å²) in [6, 6.07) is 3.63. The minimum absolute atomic E-state index is 0.0979. The molecule has 1 atom stereocenters. The Morgan fingerprint density at radius 2 is 2.00 bits per heavy atom. The van der Waals surface area contributed by atoms with E-state index >= 15 is 0 Å². The molecule has 2 heteroatoms. The first-order valence-electron chi connectivity index (χ1n) is 4.60. The normalized spacial score (nSPS) is 12.9. The molecule has 72 valence electrons. The van der Waals surface area contributed by atoms with Crippen LogP contribution in [0.5, 0.6) is 0 Å². The molecule has 0 fully saturated rings. The van der Waals surface area contributed by atoms with E-state index in [1.165, 1.54) is 12.1 Å². The van der Waals surface area contributed by atoms with Crippen LogP contribution >= 0.6 is 0 Å². The van der Waals surface area contributed by atoms with Crippen LogP contribution in [0.2, 0.25) is 0 Å². The Labute approximate surface area is 77.6 Å². The molecule has 0 aromatic heterocycles. The predicted octanol–water partition coefficient (Wildman–Crippen LogP) is 3.87. The summed E-state index contributed by atoms with van der Waals surface area (Å²) in [5, 5.41) is 0. The number of hydrogen-bond donors (Lipinski definition) is 0. The molecule has 1 aromatic rings. The van der Waals surface area contributed by atoms with E-state index in [0.717, 1.165) is 18.9 Å². The molecule has 0 bridgehead atoms. The van der Waals surface area contributed by atoms with Crippen LogP contribution in [0.25, 0.3) is 0 Å². The van der Waals surface area contributed by atoms with Crippen LogP contribution in [-0.4, -0.2) is 0 Å². The first kappa shape index (κ1) is 10.2. The summed E-state index contributed by atoms with van der Waals surface area (Å²) in [4.78, 5) is 0. The van der Waals surface area contributed by atoms with Crippen LogP contribution in [-0.2, 0) is 0 Å². The van der Waals surface area contributed by atoms with Crippen molar-refractivity contribution in [2.24, 2.45) is 0 Å². The van der Waals surface area contributed by atoms with Crippen LogP contribution in [0.3, 0.4) is 0 Å². The van der Waals surface area contributed by atoms with Gasteiger partial charge in [0.2, 0.25) is 0 Å². The molecule has 0 aliphatic heterocycles. The third-order valence-electron chi connectivity index (χ3n) is 2.21. The van der Waals surface area contributed by atoms with Crippen LogP contribution in [0.4, 0.5) is 8.78 Å². The Balaban J connectivity index is 2.91. The van der Waals surface area contributed by atoms with Crippen molar-refractivity contribution < 1.29 is 8.78 Å². The zero-order valence-electron chi connectivity index (χ0n) is 7.98. The quantitative estimate of drug-likeness (QED) is 0.669. The van der Waals surface area contributed by atoms with Crippen LogP contribution in [0, 0.1) is 11.6 Å². The van der Waals surface area contributed by atoms with Gasteiger partial charge >= 0.3 is 0 Å². The summed E-state index contributed by atoms with van der Waals surface area (Å²) < 4.78 is 26.0. The minimum atomic E-state index is -0.362. The predicted molar refractivity (Wildman–Crippen MR) is 49.7 cm³/mol. The molecule has 0 aliphatic rings. The molecule has 0 saturated heterocycles. The van der Waals surface area contributed by atoms with E-state index < -0.39 is 0 Å². The van der Waals surface area contributed by atoms with Gasteiger partial charge in [0.1, 0.15) is 11.6 Å². The monoisotopic (exact) mass is 184 g/mol. The van der Waals surface area contributed by atoms with Gasteiger partial charge in [0, 0.05) is 0 Å². The average Bonchev–Trinajstić information content (AvgIpc) is 2.09. The zero-order chi connectivity index (χ0) is 9.84. The highest BCUT2D eigenvalue weighted by molar-refractivity contribution is 5.22. The third-order valence-corrected chi connectivity index (χ3v) is 2.21. The second-order valence-electron chi connectivity index (χ2n) is 3.36. The molecular weight excluding hydrogens is 170 g/mol. The van der Waals surface area contributed by atoms with Crippen LogP contribution in [0.1, 0.15) is 38.2 Å². The summed E-state index contributed by atoms with van der Waals surface area (Å²) >= 11 is 0. The number of hydrogen-bond acceptors (Lipinski definition) is 0. The molecule has 0 radical (unpaired) electrons. The highest BCUT2D eigenvalue weighted by Gasteiger charge is 2.10. The average molecular weight is 184 g/mol. The van der Waals surface area contributed by atoms with Gasteiger partial charge in [0.15, 0.2) is 0 Å². The molecular formula is C11H14F2. The van der Waals surface area contributed by atoms with Crippen molar-refractivity contribution in [3.8, 4) is 0 Å². The molecule has 0 heterocycles. The Morgan fingerprint density at radius 1 is 1.31 bits per heavy atom. The molecule has 13 heavy (non-hydrogen) atoms. The smallest absolute Gasteiger partial charge is 0.126 e. The lowest BCUT2D eigenvalue weighted by molar-refractivity contribution is 0.554. The van der Waals surface area contributed by atoms with Crippen molar-refractivity contribution >= 4 is 0 Å². The second kappa shape index (κ2) is 4.35. The van der Waals surface area contributed by atoms with Gasteiger partial charge in [-0.15, -0.1) is 0 Å². The van der Waals surface area contributed by atoms with Crippen molar-refractivity contribution in [3.63, 3.8) is 0 Å². The minimum Gasteiger partial charge on any atom is -0.207 e. The van der Waals surface area contributed by atoms with Crippen LogP contribution < -0.4 is 0 Å². The van der Waals surface area contributed by atoms with E-state index in [4.69, 9.17) is 0 Å². The van der Waals surface area contributed by atoms with Crippen LogP contribution in [0.15, 0.2) is 18.2 Å². The lowest BCUT2D eigenvalue weighted by atomic mass is 9.96. The van der Waals surface area contributed by atoms with Crippen molar-refractivity contribution in [2.45, 2.75) is 32.6 Å². The molecule has 0 nitrogen and oxygen atoms in total. The highest BCUT2D eigenvalue weighted by Crippen LogP contribution is 2.23. The summed E-state index contributed by atoms with van der Waals surface area (Å²) in [6.45, 7) is 3.95. The molecule has 0 N–H and O–H groups in total. The van der Waals surface area contributed by atoms with Gasteiger partial charge in [-0.2, -0.15) is 0 Å². The largest absolute Gasteiger partial charge is 0.207 e. The fraction of sp³-hybridized carbons (Fsp3) is 0.455. The van der Waals surface area contributed by atoms with E-state index in [9.17, 15) is 8.78 Å². The van der Waals surface area contributed by atoms with E-state index in [0.29, 0.717) is 5.56 Å². The Bertz CT molecular complexity index is 281. The van der Waals surface area contributed by atoms with Crippen molar-refractivity contribution in [3.05, 3.63) is 35.4 Å². The summed E-state index contributed by atoms with van der Waals surface area (Å²) in [7, 11) is 0. The van der Waals surface area contributed by atoms with E-state index in [1.54, 1.807) is 0 Å². The second-order valence-corrected chi connectivity index (χ2v) is 3.36. The Morgan fingerprint density at radius 3 is 2.62 bits per heavy atom. The lowest BCUT2D eigenvalue weighted by Crippen LogP contribution is -1.97. The maximum absolute atomic E-state index is 13.2. The molecule has 1 unspecified atom stereocenters. The molecule has 1 aromatic carbocycles. The summed E-state index contributed by atoms with van der Waals surface area (Å²) in [5.41, 5.74) is 0.488. The molecule has 0 aliphatic carbocycles. The van der Waals surface area contributed by atoms with Gasteiger partial charge in [-0.1, -0.05) is 20.3 Å². The van der Waals surface area contributed by atoms with E-state index in [2.05, 4.69) is 0 Å². The fourth-order valence-electron chi connectivity index (χ4n) is 1.48. The third kappa shape index (κ3) is 2.51. The zero-order valence-corrected chi connectivity index (χ0v) is 7.98. The van der Waals surface area contributed by atoms with Gasteiger partial charge in [-0.25, -0.2) is 8.78 Å². The summed E-state index contributed by atoms with van der Waals surface area (Å²) in [5.74, 6) is -0.567. The maximum atomic E-state index is 13.2. The van der Waals surface area contributed by atoms with Gasteiger partial charge < -0.3 is 0 Å². The maximum Gasteiger partial charge on any atom is 0.126 e. The standard InChI is InChI=1S/C11H14F2/c1-3-4-8(2)10-7-9(12)5-6-11(10)13/h5-8H,3-4H2,1-2H3. The van der Waals surface area contributed by atoms with Gasteiger partial charge in [-0.05, 0) is 36.1 Å². The Hall–Kier alpha value is -0.920. The van der Waals surface area contributed by atoms with E-state index in [-0.39, 0.29) is 17.6 Å². The van der Waals surface area contributed by atoms with Crippen molar-refractivity contribution in [2.75, 3.05) is 0 Å². The number of benzene rings is 1. The fourth-order valence-corrected chi connectivity index (χ4v) is 1.48. The van der Waals surface area contributed by atoms with Gasteiger partial charge in [0.25, 0.3) is 0 Å². The van der Waals surface area contributed by atoms with E-state index in [1.807, 2.05) is 13.8 Å². The molecule has 0 amide bonds. The first-order valence-corrected chi connectivity index (χ1v) is 4.60. The van der Waals surface area contributed by atoms with Crippen molar-refractivity contribution in [1.29, 1.82) is 0 Å². The van der Waals surface area contributed by atoms with Gasteiger partial charge in [0.05, 0.1) is 0 Å². The molecule has 0 saturated carbocycles. The lowest BCUT2D eigenvalue weighted by Gasteiger charge is -2.11. The number of rotatable bonds is 3. The molecule has 0 spiro atoms.